The van der Waals surface area contributed by atoms with E-state index in [1.165, 1.54) is 0 Å². The zero-order valence-electron chi connectivity index (χ0n) is 8.83. The van der Waals surface area contributed by atoms with E-state index in [-0.39, 0.29) is 18.0 Å². The van der Waals surface area contributed by atoms with Gasteiger partial charge in [-0.05, 0) is 6.42 Å². The van der Waals surface area contributed by atoms with Gasteiger partial charge in [-0.25, -0.2) is 0 Å². The molecule has 2 aliphatic rings. The molecule has 2 heterocycles. The van der Waals surface area contributed by atoms with Gasteiger partial charge in [-0.1, -0.05) is 0 Å². The molecule has 2 N–H and O–H groups in total. The Kier molecular flexibility index (Phi) is 3.94. The third kappa shape index (κ3) is 3.44. The second-order valence-corrected chi connectivity index (χ2v) is 4.06. The quantitative estimate of drug-likeness (QED) is 0.650. The molecule has 2 rings (SSSR count). The minimum Gasteiger partial charge on any atom is -0.379 e. The van der Waals surface area contributed by atoms with Gasteiger partial charge in [0.2, 0.25) is 5.91 Å². The average Bonchev–Trinajstić information content (AvgIpc) is 2.71. The summed E-state index contributed by atoms with van der Waals surface area (Å²) < 4.78 is 10.5. The zero-order chi connectivity index (χ0) is 10.5. The van der Waals surface area contributed by atoms with Crippen molar-refractivity contribution in [1.29, 1.82) is 0 Å². The first-order chi connectivity index (χ1) is 7.34. The topological polar surface area (TPSA) is 59.6 Å². The van der Waals surface area contributed by atoms with Crippen molar-refractivity contribution in [3.05, 3.63) is 0 Å². The van der Waals surface area contributed by atoms with Gasteiger partial charge in [0.05, 0.1) is 25.9 Å². The van der Waals surface area contributed by atoms with Gasteiger partial charge < -0.3 is 20.1 Å². The molecule has 0 aromatic carbocycles. The van der Waals surface area contributed by atoms with Gasteiger partial charge in [-0.15, -0.1) is 0 Å². The summed E-state index contributed by atoms with van der Waals surface area (Å²) in [6.07, 6.45) is 1.43. The van der Waals surface area contributed by atoms with E-state index in [4.69, 9.17) is 9.47 Å². The monoisotopic (exact) mass is 214 g/mol. The van der Waals surface area contributed by atoms with Crippen LogP contribution < -0.4 is 10.6 Å². The Morgan fingerprint density at radius 1 is 1.33 bits per heavy atom. The fraction of sp³-hybridized carbons (Fsp3) is 0.900. The van der Waals surface area contributed by atoms with Crippen LogP contribution in [0.15, 0.2) is 0 Å². The Bertz CT molecular complexity index is 211. The smallest absolute Gasteiger partial charge is 0.221 e. The fourth-order valence-corrected chi connectivity index (χ4v) is 1.91. The molecule has 0 aromatic rings. The number of hydrogen-bond donors (Lipinski definition) is 2. The summed E-state index contributed by atoms with van der Waals surface area (Å²) in [5, 5.41) is 6.22. The number of hydrogen-bond acceptors (Lipinski definition) is 4. The van der Waals surface area contributed by atoms with Crippen LogP contribution in [0.25, 0.3) is 0 Å². The molecule has 0 saturated carbocycles. The maximum absolute atomic E-state index is 11.6. The second kappa shape index (κ2) is 5.44. The van der Waals surface area contributed by atoms with E-state index in [9.17, 15) is 4.79 Å². The van der Waals surface area contributed by atoms with Crippen LogP contribution in [0, 0.1) is 0 Å². The van der Waals surface area contributed by atoms with Crippen molar-refractivity contribution in [1.82, 2.24) is 10.6 Å². The number of rotatable bonds is 3. The van der Waals surface area contributed by atoms with Crippen molar-refractivity contribution in [2.24, 2.45) is 0 Å². The van der Waals surface area contributed by atoms with Crippen molar-refractivity contribution in [3.63, 3.8) is 0 Å². The summed E-state index contributed by atoms with van der Waals surface area (Å²) in [4.78, 5) is 11.6. The van der Waals surface area contributed by atoms with Gasteiger partial charge in [-0.2, -0.15) is 0 Å². The molecule has 5 heteroatoms. The molecule has 5 nitrogen and oxygen atoms in total. The third-order valence-corrected chi connectivity index (χ3v) is 2.73. The van der Waals surface area contributed by atoms with E-state index < -0.39 is 0 Å². The highest BCUT2D eigenvalue weighted by molar-refractivity contribution is 5.77. The first-order valence-electron chi connectivity index (χ1n) is 5.53. The van der Waals surface area contributed by atoms with Crippen molar-refractivity contribution < 1.29 is 14.3 Å². The van der Waals surface area contributed by atoms with Crippen LogP contribution >= 0.6 is 0 Å². The zero-order valence-corrected chi connectivity index (χ0v) is 8.83. The van der Waals surface area contributed by atoms with E-state index >= 15 is 0 Å². The lowest BCUT2D eigenvalue weighted by Crippen LogP contribution is -2.45. The van der Waals surface area contributed by atoms with Crippen molar-refractivity contribution >= 4 is 5.91 Å². The van der Waals surface area contributed by atoms with Crippen LogP contribution in [0.4, 0.5) is 0 Å². The molecule has 0 radical (unpaired) electrons. The van der Waals surface area contributed by atoms with Crippen LogP contribution in [-0.4, -0.2) is 51.0 Å². The summed E-state index contributed by atoms with van der Waals surface area (Å²) in [6, 6.07) is 0.378. The number of amides is 1. The van der Waals surface area contributed by atoms with Gasteiger partial charge in [0.15, 0.2) is 0 Å². The van der Waals surface area contributed by atoms with Crippen molar-refractivity contribution in [2.75, 3.05) is 33.0 Å². The number of carbonyl (C=O) groups excluding carboxylic acids is 1. The molecule has 0 spiro atoms. The normalized spacial score (nSPS) is 31.5. The first-order valence-corrected chi connectivity index (χ1v) is 5.53. The van der Waals surface area contributed by atoms with Gasteiger partial charge in [-0.3, -0.25) is 4.79 Å². The summed E-state index contributed by atoms with van der Waals surface area (Å²) in [5.74, 6) is 0.0912. The van der Waals surface area contributed by atoms with Gasteiger partial charge in [0, 0.05) is 25.6 Å². The molecule has 2 aliphatic heterocycles. The Labute approximate surface area is 89.5 Å². The number of carbonyl (C=O) groups is 1. The molecule has 0 aliphatic carbocycles. The predicted octanol–water partition coefficient (Wildman–Crippen LogP) is -0.730. The summed E-state index contributed by atoms with van der Waals surface area (Å²) in [7, 11) is 0. The minimum atomic E-state index is 0.0912. The standard InChI is InChI=1S/C10H18N2O3/c13-10(12-8-1-3-14-6-8)5-9-7-15-4-2-11-9/h8-9,11H,1-7H2,(H,12,13). The molecular formula is C10H18N2O3. The Balaban J connectivity index is 1.66. The van der Waals surface area contributed by atoms with E-state index in [0.29, 0.717) is 19.6 Å². The molecule has 2 saturated heterocycles. The molecule has 86 valence electrons. The number of nitrogens with one attached hydrogen (secondary N) is 2. The predicted molar refractivity (Wildman–Crippen MR) is 54.6 cm³/mol. The number of morpholine rings is 1. The lowest BCUT2D eigenvalue weighted by Gasteiger charge is -2.23. The summed E-state index contributed by atoms with van der Waals surface area (Å²) in [6.45, 7) is 3.63. The molecule has 0 aromatic heterocycles. The van der Waals surface area contributed by atoms with Crippen LogP contribution in [0.2, 0.25) is 0 Å². The summed E-state index contributed by atoms with van der Waals surface area (Å²) >= 11 is 0. The molecule has 2 atom stereocenters. The van der Waals surface area contributed by atoms with Crippen LogP contribution in [-0.2, 0) is 14.3 Å². The second-order valence-electron chi connectivity index (χ2n) is 4.06. The van der Waals surface area contributed by atoms with Crippen molar-refractivity contribution in [2.45, 2.75) is 24.9 Å². The van der Waals surface area contributed by atoms with E-state index in [1.807, 2.05) is 0 Å². The molecule has 2 unspecified atom stereocenters. The van der Waals surface area contributed by atoms with Gasteiger partial charge in [0.1, 0.15) is 0 Å². The largest absolute Gasteiger partial charge is 0.379 e. The maximum Gasteiger partial charge on any atom is 0.221 e. The highest BCUT2D eigenvalue weighted by Gasteiger charge is 2.21. The maximum atomic E-state index is 11.6. The van der Waals surface area contributed by atoms with Gasteiger partial charge >= 0.3 is 0 Å². The molecule has 15 heavy (non-hydrogen) atoms. The highest BCUT2D eigenvalue weighted by Crippen LogP contribution is 2.04. The lowest BCUT2D eigenvalue weighted by molar-refractivity contribution is -0.123. The van der Waals surface area contributed by atoms with Gasteiger partial charge in [0.25, 0.3) is 0 Å². The Morgan fingerprint density at radius 3 is 2.87 bits per heavy atom. The molecule has 2 fully saturated rings. The molecular weight excluding hydrogens is 196 g/mol. The molecule has 1 amide bonds. The molecule has 0 bridgehead atoms. The van der Waals surface area contributed by atoms with Crippen LogP contribution in [0.1, 0.15) is 12.8 Å². The first kappa shape index (κ1) is 10.9. The Hall–Kier alpha value is -0.650. The minimum absolute atomic E-state index is 0.0912. The fourth-order valence-electron chi connectivity index (χ4n) is 1.91. The van der Waals surface area contributed by atoms with Crippen LogP contribution in [0.5, 0.6) is 0 Å². The third-order valence-electron chi connectivity index (χ3n) is 2.73. The SMILES string of the molecule is O=C(CC1COCCN1)NC1CCOC1. The van der Waals surface area contributed by atoms with E-state index in [1.54, 1.807) is 0 Å². The highest BCUT2D eigenvalue weighted by atomic mass is 16.5. The average molecular weight is 214 g/mol. The van der Waals surface area contributed by atoms with E-state index in [0.717, 1.165) is 26.2 Å². The van der Waals surface area contributed by atoms with Crippen LogP contribution in [0.3, 0.4) is 0 Å². The Morgan fingerprint density at radius 2 is 2.20 bits per heavy atom. The summed E-state index contributed by atoms with van der Waals surface area (Å²) in [5.41, 5.74) is 0. The van der Waals surface area contributed by atoms with Crippen molar-refractivity contribution in [3.8, 4) is 0 Å². The van der Waals surface area contributed by atoms with E-state index in [2.05, 4.69) is 10.6 Å². The number of ether oxygens (including phenoxy) is 2. The lowest BCUT2D eigenvalue weighted by atomic mass is 10.1.